The average molecular weight is 300 g/mol. The number of rotatable bonds is 2. The summed E-state index contributed by atoms with van der Waals surface area (Å²) in [5.74, 6) is 1.25. The molecule has 1 N–H and O–H groups in total. The van der Waals surface area contributed by atoms with Gasteiger partial charge in [0.2, 0.25) is 11.7 Å². The lowest BCUT2D eigenvalue weighted by Gasteiger charge is -2.35. The normalized spacial score (nSPS) is 27.8. The zero-order valence-corrected chi connectivity index (χ0v) is 12.7. The van der Waals surface area contributed by atoms with Crippen molar-refractivity contribution in [2.24, 2.45) is 7.05 Å². The van der Waals surface area contributed by atoms with Gasteiger partial charge < -0.3 is 14.4 Å². The zero-order chi connectivity index (χ0) is 15.2. The minimum Gasteiger partial charge on any atom is -0.338 e. The van der Waals surface area contributed by atoms with Gasteiger partial charge in [-0.05, 0) is 31.9 Å². The Morgan fingerprint density at radius 2 is 2.32 bits per heavy atom. The zero-order valence-electron chi connectivity index (χ0n) is 12.7. The van der Waals surface area contributed by atoms with Crippen LogP contribution in [0.15, 0.2) is 27.6 Å². The van der Waals surface area contributed by atoms with E-state index in [1.807, 2.05) is 6.07 Å². The maximum Gasteiger partial charge on any atom is 0.250 e. The maximum atomic E-state index is 11.8. The molecule has 1 saturated heterocycles. The SMILES string of the molecule is Cn1ccc(-c2noc([C@@]34CCCC[C@@H]3NCC4)n2)cc1=O. The van der Waals surface area contributed by atoms with Crippen molar-refractivity contribution in [2.75, 3.05) is 6.54 Å². The molecule has 22 heavy (non-hydrogen) atoms. The Bertz CT molecular complexity index is 751. The molecule has 2 aromatic heterocycles. The predicted octanol–water partition coefficient (Wildman–Crippen LogP) is 1.61. The Kier molecular flexibility index (Phi) is 3.14. The lowest BCUT2D eigenvalue weighted by atomic mass is 9.70. The molecule has 6 heteroatoms. The Hall–Kier alpha value is -1.95. The van der Waals surface area contributed by atoms with Crippen molar-refractivity contribution in [1.82, 2.24) is 20.0 Å². The van der Waals surface area contributed by atoms with Crippen LogP contribution in [0.2, 0.25) is 0 Å². The number of nitrogens with one attached hydrogen (secondary N) is 1. The molecule has 0 amide bonds. The summed E-state index contributed by atoms with van der Waals surface area (Å²) in [5.41, 5.74) is 0.636. The molecule has 0 aromatic carbocycles. The molecule has 0 bridgehead atoms. The van der Waals surface area contributed by atoms with Gasteiger partial charge in [0.15, 0.2) is 0 Å². The van der Waals surface area contributed by atoms with Crippen LogP contribution in [-0.4, -0.2) is 27.3 Å². The largest absolute Gasteiger partial charge is 0.338 e. The molecule has 4 rings (SSSR count). The molecule has 0 spiro atoms. The molecule has 6 nitrogen and oxygen atoms in total. The van der Waals surface area contributed by atoms with Crippen LogP contribution in [0.25, 0.3) is 11.4 Å². The molecule has 1 aliphatic carbocycles. The van der Waals surface area contributed by atoms with Crippen LogP contribution in [0.3, 0.4) is 0 Å². The third-order valence-corrected chi connectivity index (χ3v) is 5.21. The summed E-state index contributed by atoms with van der Waals surface area (Å²) < 4.78 is 7.15. The number of aryl methyl sites for hydroxylation is 1. The molecular formula is C16H20N4O2. The molecule has 0 radical (unpaired) electrons. The molecule has 2 atom stereocenters. The van der Waals surface area contributed by atoms with Crippen molar-refractivity contribution in [2.45, 2.75) is 43.6 Å². The van der Waals surface area contributed by atoms with E-state index in [1.165, 1.54) is 23.8 Å². The fourth-order valence-electron chi connectivity index (χ4n) is 3.90. The molecule has 1 saturated carbocycles. The van der Waals surface area contributed by atoms with Gasteiger partial charge in [-0.1, -0.05) is 18.0 Å². The quantitative estimate of drug-likeness (QED) is 0.912. The third kappa shape index (κ3) is 2.01. The highest BCUT2D eigenvalue weighted by molar-refractivity contribution is 5.53. The van der Waals surface area contributed by atoms with Gasteiger partial charge in [-0.2, -0.15) is 4.98 Å². The van der Waals surface area contributed by atoms with Gasteiger partial charge in [0, 0.05) is 30.9 Å². The Morgan fingerprint density at radius 1 is 1.41 bits per heavy atom. The van der Waals surface area contributed by atoms with Crippen molar-refractivity contribution >= 4 is 0 Å². The van der Waals surface area contributed by atoms with Crippen molar-refractivity contribution in [3.8, 4) is 11.4 Å². The van der Waals surface area contributed by atoms with Crippen molar-refractivity contribution in [3.05, 3.63) is 34.6 Å². The number of fused-ring (bicyclic) bond motifs is 1. The van der Waals surface area contributed by atoms with Crippen LogP contribution < -0.4 is 10.9 Å². The molecule has 2 aliphatic rings. The molecular weight excluding hydrogens is 280 g/mol. The summed E-state index contributed by atoms with van der Waals surface area (Å²) in [6, 6.07) is 3.84. The standard InChI is InChI=1S/C16H20N4O2/c1-20-9-5-11(10-13(20)21)14-18-15(22-19-14)16-6-3-2-4-12(16)17-8-7-16/h5,9-10,12,17H,2-4,6-8H2,1H3/t12-,16+/m0/s1. The van der Waals surface area contributed by atoms with E-state index in [4.69, 9.17) is 4.52 Å². The number of pyridine rings is 1. The van der Waals surface area contributed by atoms with Crippen LogP contribution in [0.5, 0.6) is 0 Å². The first kappa shape index (κ1) is 13.7. The summed E-state index contributed by atoms with van der Waals surface area (Å²) >= 11 is 0. The molecule has 3 heterocycles. The first-order chi connectivity index (χ1) is 10.7. The van der Waals surface area contributed by atoms with Gasteiger partial charge in [0.1, 0.15) is 0 Å². The highest BCUT2D eigenvalue weighted by Gasteiger charge is 2.49. The summed E-state index contributed by atoms with van der Waals surface area (Å²) in [6.07, 6.45) is 7.52. The number of hydrogen-bond donors (Lipinski definition) is 1. The molecule has 1 aliphatic heterocycles. The maximum absolute atomic E-state index is 11.8. The van der Waals surface area contributed by atoms with Crippen LogP contribution in [0.4, 0.5) is 0 Å². The smallest absolute Gasteiger partial charge is 0.250 e. The highest BCUT2D eigenvalue weighted by Crippen LogP contribution is 2.44. The fraction of sp³-hybridized carbons (Fsp3) is 0.562. The van der Waals surface area contributed by atoms with E-state index in [0.717, 1.165) is 25.3 Å². The minimum absolute atomic E-state index is 0.0107. The van der Waals surface area contributed by atoms with E-state index in [9.17, 15) is 4.79 Å². The van der Waals surface area contributed by atoms with E-state index in [2.05, 4.69) is 15.5 Å². The van der Waals surface area contributed by atoms with E-state index >= 15 is 0 Å². The number of aromatic nitrogens is 3. The second-order valence-corrected chi connectivity index (χ2v) is 6.45. The molecule has 2 aromatic rings. The van der Waals surface area contributed by atoms with Gasteiger partial charge in [-0.3, -0.25) is 4.79 Å². The van der Waals surface area contributed by atoms with E-state index in [-0.39, 0.29) is 11.0 Å². The van der Waals surface area contributed by atoms with Crippen LogP contribution in [0.1, 0.15) is 38.0 Å². The van der Waals surface area contributed by atoms with Crippen molar-refractivity contribution in [3.63, 3.8) is 0 Å². The number of hydrogen-bond acceptors (Lipinski definition) is 5. The first-order valence-corrected chi connectivity index (χ1v) is 7.94. The van der Waals surface area contributed by atoms with Gasteiger partial charge in [0.05, 0.1) is 5.41 Å². The Morgan fingerprint density at radius 3 is 3.18 bits per heavy atom. The van der Waals surface area contributed by atoms with E-state index in [1.54, 1.807) is 19.3 Å². The second-order valence-electron chi connectivity index (χ2n) is 6.45. The first-order valence-electron chi connectivity index (χ1n) is 7.94. The summed E-state index contributed by atoms with van der Waals surface area (Å²) in [5, 5.41) is 7.71. The average Bonchev–Trinajstić information content (AvgIpc) is 3.16. The van der Waals surface area contributed by atoms with Crippen molar-refractivity contribution < 1.29 is 4.52 Å². The van der Waals surface area contributed by atoms with Gasteiger partial charge in [0.25, 0.3) is 5.56 Å². The molecule has 2 fully saturated rings. The summed E-state index contributed by atoms with van der Waals surface area (Å²) in [7, 11) is 1.73. The topological polar surface area (TPSA) is 73.0 Å². The monoisotopic (exact) mass is 300 g/mol. The van der Waals surface area contributed by atoms with Gasteiger partial charge in [-0.15, -0.1) is 0 Å². The van der Waals surface area contributed by atoms with Crippen LogP contribution in [0, 0.1) is 0 Å². The van der Waals surface area contributed by atoms with Crippen molar-refractivity contribution in [1.29, 1.82) is 0 Å². The Labute approximate surface area is 128 Å². The van der Waals surface area contributed by atoms with E-state index < -0.39 is 0 Å². The lowest BCUT2D eigenvalue weighted by Crippen LogP contribution is -2.43. The van der Waals surface area contributed by atoms with Gasteiger partial charge >= 0.3 is 0 Å². The summed E-state index contributed by atoms with van der Waals surface area (Å²) in [6.45, 7) is 1.01. The third-order valence-electron chi connectivity index (χ3n) is 5.21. The highest BCUT2D eigenvalue weighted by atomic mass is 16.5. The second kappa shape index (κ2) is 5.05. The van der Waals surface area contributed by atoms with E-state index in [0.29, 0.717) is 17.4 Å². The predicted molar refractivity (Wildman–Crippen MR) is 81.5 cm³/mol. The van der Waals surface area contributed by atoms with Crippen LogP contribution >= 0.6 is 0 Å². The lowest BCUT2D eigenvalue weighted by molar-refractivity contribution is 0.199. The number of nitrogens with zero attached hydrogens (tertiary/aromatic N) is 3. The van der Waals surface area contributed by atoms with Gasteiger partial charge in [-0.25, -0.2) is 0 Å². The molecule has 0 unspecified atom stereocenters. The fourth-order valence-corrected chi connectivity index (χ4v) is 3.90. The summed E-state index contributed by atoms with van der Waals surface area (Å²) in [4.78, 5) is 16.4. The van der Waals surface area contributed by atoms with Crippen LogP contribution in [-0.2, 0) is 12.5 Å². The minimum atomic E-state index is -0.0694. The molecule has 116 valence electrons. The Balaban J connectivity index is 1.71.